The molecule has 3 aliphatic heterocycles. The van der Waals surface area contributed by atoms with Crippen molar-refractivity contribution < 1.29 is 66.3 Å². The molecule has 0 saturated carbocycles. The third-order valence-corrected chi connectivity index (χ3v) is 12.0. The summed E-state index contributed by atoms with van der Waals surface area (Å²) in [6.45, 7) is 4.91. The van der Waals surface area contributed by atoms with Crippen LogP contribution in [0.3, 0.4) is 0 Å². The van der Waals surface area contributed by atoms with Gasteiger partial charge in [0.15, 0.2) is 18.7 Å². The molecule has 354 valence electrons. The highest BCUT2D eigenvalue weighted by Crippen LogP contribution is 2.38. The number of benzene rings is 4. The minimum absolute atomic E-state index is 0.198. The quantitative estimate of drug-likeness (QED) is 0.0958. The first-order valence-electron chi connectivity index (χ1n) is 22.1. The Hall–Kier alpha value is -4.04. The average Bonchev–Trinajstić information content (AvgIpc) is 3.33. The maximum atomic E-state index is 6.97. The van der Waals surface area contributed by atoms with Gasteiger partial charge in [-0.15, -0.1) is 0 Å². The zero-order valence-electron chi connectivity index (χ0n) is 38.3. The van der Waals surface area contributed by atoms with E-state index in [2.05, 4.69) is 0 Å². The molecule has 15 heteroatoms. The van der Waals surface area contributed by atoms with Crippen molar-refractivity contribution in [2.24, 2.45) is 0 Å². The Morgan fingerprint density at radius 2 is 0.862 bits per heavy atom. The Balaban J connectivity index is 1.14. The summed E-state index contributed by atoms with van der Waals surface area (Å²) in [5.41, 5.74) is 9.56. The molecule has 15 atom stereocenters. The molecule has 3 aliphatic rings. The molecule has 65 heavy (non-hydrogen) atoms. The molecule has 0 radical (unpaired) electrons. The van der Waals surface area contributed by atoms with E-state index in [1.807, 2.05) is 105 Å². The van der Waals surface area contributed by atoms with E-state index in [0.717, 1.165) is 16.7 Å². The van der Waals surface area contributed by atoms with Crippen LogP contribution in [0.15, 0.2) is 115 Å². The van der Waals surface area contributed by atoms with Crippen molar-refractivity contribution >= 4 is 5.69 Å². The predicted molar refractivity (Wildman–Crippen MR) is 239 cm³/mol. The molecule has 15 nitrogen and oxygen atoms in total. The Kier molecular flexibility index (Phi) is 18.1. The van der Waals surface area contributed by atoms with Crippen LogP contribution in [0, 0.1) is 0 Å². The van der Waals surface area contributed by atoms with Crippen molar-refractivity contribution in [3.8, 4) is 5.75 Å². The molecule has 2 N–H and O–H groups in total. The number of anilines is 1. The number of nitrogens with two attached hydrogens (primary N) is 1. The molecular formula is C50H65NO14. The second-order valence-electron chi connectivity index (χ2n) is 16.4. The van der Waals surface area contributed by atoms with Gasteiger partial charge < -0.3 is 72.0 Å². The summed E-state index contributed by atoms with van der Waals surface area (Å²) in [6, 6.07) is 36.8. The first-order valence-corrected chi connectivity index (χ1v) is 22.1. The van der Waals surface area contributed by atoms with Crippen LogP contribution in [-0.2, 0) is 81.4 Å². The highest BCUT2D eigenvalue weighted by Gasteiger charge is 2.55. The average molecular weight is 904 g/mol. The Morgan fingerprint density at radius 3 is 1.38 bits per heavy atom. The molecule has 4 aromatic carbocycles. The molecular weight excluding hydrogens is 839 g/mol. The normalized spacial score (nSPS) is 32.8. The summed E-state index contributed by atoms with van der Waals surface area (Å²) in [6.07, 6.45) is -11.1. The zero-order chi connectivity index (χ0) is 45.7. The number of nitrogen functional groups attached to an aromatic ring is 1. The first-order chi connectivity index (χ1) is 31.7. The second kappa shape index (κ2) is 24.1. The van der Waals surface area contributed by atoms with Crippen molar-refractivity contribution in [2.45, 2.75) is 126 Å². The standard InChI is InChI=1S/C50H65NO14/c1-31-39(57-27-33-17-11-8-12-18-33)42(53-4)47(50(60-31)62-37-25-23-36(51)24-26-37)65-48-45(56-7)43(54-5)40(32(2)61-48)64-49-46(59-29-35-21-15-10-16-22-35)44(55-6)41(38(63-49)30-52-3)58-28-34-19-13-9-14-20-34/h8-26,31-32,38-50H,27-30,51H2,1-7H3/t31-,32-,38+,39-,40-,41+,42+,43+,44-,45+,46+,47+,48-,49-,50-/m0/s1. The lowest BCUT2D eigenvalue weighted by molar-refractivity contribution is -0.384. The van der Waals surface area contributed by atoms with Crippen molar-refractivity contribution in [1.29, 1.82) is 0 Å². The Morgan fingerprint density at radius 1 is 0.431 bits per heavy atom. The maximum absolute atomic E-state index is 6.97. The summed E-state index contributed by atoms with van der Waals surface area (Å²) in [5.74, 6) is 0.526. The Labute approximate surface area is 382 Å². The van der Waals surface area contributed by atoms with E-state index in [1.54, 1.807) is 59.8 Å². The van der Waals surface area contributed by atoms with Gasteiger partial charge in [-0.05, 0) is 54.8 Å². The number of hydrogen-bond donors (Lipinski definition) is 1. The van der Waals surface area contributed by atoms with E-state index in [0.29, 0.717) is 24.7 Å². The van der Waals surface area contributed by atoms with E-state index in [-0.39, 0.29) is 13.2 Å². The third kappa shape index (κ3) is 12.3. The van der Waals surface area contributed by atoms with E-state index in [4.69, 9.17) is 72.0 Å². The number of methoxy groups -OCH3 is 5. The van der Waals surface area contributed by atoms with Gasteiger partial charge in [0.25, 0.3) is 0 Å². The van der Waals surface area contributed by atoms with Crippen LogP contribution in [0.5, 0.6) is 5.75 Å². The minimum Gasteiger partial charge on any atom is -0.462 e. The third-order valence-electron chi connectivity index (χ3n) is 12.0. The highest BCUT2D eigenvalue weighted by molar-refractivity contribution is 5.41. The SMILES string of the molecule is COC[C@H]1O[C@@H](O[C@@H]2[C@@H](OC)[C@@H](OC)[C@H](O[C@H]3[C@H](Oc4ccc(N)cc4)O[C@@H](C)[C@H](OCc4ccccc4)[C@H]3OC)O[C@H]2C)[C@H](OCc2ccccc2)[C@@H](OC)[C@@H]1OCc1ccccc1. The fraction of sp³-hybridized carbons (Fsp3) is 0.520. The molecule has 3 saturated heterocycles. The first kappa shape index (κ1) is 48.9. The smallest absolute Gasteiger partial charge is 0.229 e. The summed E-state index contributed by atoms with van der Waals surface area (Å²) in [7, 11) is 8.02. The van der Waals surface area contributed by atoms with Gasteiger partial charge in [0.05, 0.1) is 38.6 Å². The number of rotatable bonds is 21. The summed E-state index contributed by atoms with van der Waals surface area (Å²) in [4.78, 5) is 0. The number of hydrogen-bond acceptors (Lipinski definition) is 15. The lowest BCUT2D eigenvalue weighted by atomic mass is 9.95. The van der Waals surface area contributed by atoms with Gasteiger partial charge in [-0.2, -0.15) is 0 Å². The van der Waals surface area contributed by atoms with Crippen molar-refractivity contribution in [1.82, 2.24) is 0 Å². The summed E-state index contributed by atoms with van der Waals surface area (Å²) in [5, 5.41) is 0. The Bertz CT molecular complexity index is 1950. The number of ether oxygens (including phenoxy) is 14. The van der Waals surface area contributed by atoms with Gasteiger partial charge in [0.1, 0.15) is 60.7 Å². The van der Waals surface area contributed by atoms with Crippen molar-refractivity contribution in [2.75, 3.05) is 47.9 Å². The zero-order valence-corrected chi connectivity index (χ0v) is 38.3. The molecule has 7 rings (SSSR count). The van der Waals surface area contributed by atoms with Crippen molar-refractivity contribution in [3.05, 3.63) is 132 Å². The van der Waals surface area contributed by atoms with Gasteiger partial charge in [-0.3, -0.25) is 0 Å². The molecule has 3 fully saturated rings. The molecule has 0 bridgehead atoms. The summed E-state index contributed by atoms with van der Waals surface area (Å²) >= 11 is 0. The van der Waals surface area contributed by atoms with Gasteiger partial charge in [0, 0.05) is 41.2 Å². The molecule has 3 heterocycles. The van der Waals surface area contributed by atoms with E-state index >= 15 is 0 Å². The van der Waals surface area contributed by atoms with Crippen LogP contribution in [0.1, 0.15) is 30.5 Å². The highest BCUT2D eigenvalue weighted by atomic mass is 16.8. The lowest BCUT2D eigenvalue weighted by Crippen LogP contribution is -2.67. The van der Waals surface area contributed by atoms with E-state index in [1.165, 1.54) is 0 Å². The van der Waals surface area contributed by atoms with E-state index < -0.39 is 92.1 Å². The minimum atomic E-state index is -1.02. The van der Waals surface area contributed by atoms with Crippen LogP contribution < -0.4 is 10.5 Å². The maximum Gasteiger partial charge on any atom is 0.229 e. The van der Waals surface area contributed by atoms with Crippen LogP contribution in [-0.4, -0.2) is 134 Å². The fourth-order valence-corrected chi connectivity index (χ4v) is 8.72. The molecule has 4 aromatic rings. The monoisotopic (exact) mass is 903 g/mol. The van der Waals surface area contributed by atoms with Gasteiger partial charge in [-0.25, -0.2) is 0 Å². The summed E-state index contributed by atoms with van der Waals surface area (Å²) < 4.78 is 90.7. The fourth-order valence-electron chi connectivity index (χ4n) is 8.72. The van der Waals surface area contributed by atoms with Gasteiger partial charge >= 0.3 is 0 Å². The largest absolute Gasteiger partial charge is 0.462 e. The van der Waals surface area contributed by atoms with Gasteiger partial charge in [-0.1, -0.05) is 91.0 Å². The molecule has 0 amide bonds. The van der Waals surface area contributed by atoms with Crippen LogP contribution in [0.25, 0.3) is 0 Å². The topological polar surface area (TPSA) is 155 Å². The van der Waals surface area contributed by atoms with E-state index in [9.17, 15) is 0 Å². The molecule has 0 spiro atoms. The molecule has 0 unspecified atom stereocenters. The van der Waals surface area contributed by atoms with Crippen LogP contribution in [0.4, 0.5) is 5.69 Å². The molecule has 0 aliphatic carbocycles. The van der Waals surface area contributed by atoms with Gasteiger partial charge in [0.2, 0.25) is 6.29 Å². The lowest BCUT2D eigenvalue weighted by Gasteiger charge is -2.50. The van der Waals surface area contributed by atoms with Crippen LogP contribution >= 0.6 is 0 Å². The second-order valence-corrected chi connectivity index (χ2v) is 16.4. The van der Waals surface area contributed by atoms with Crippen LogP contribution in [0.2, 0.25) is 0 Å². The molecule has 0 aromatic heterocycles. The predicted octanol–water partition coefficient (Wildman–Crippen LogP) is 6.10. The van der Waals surface area contributed by atoms with Crippen molar-refractivity contribution in [3.63, 3.8) is 0 Å².